The molecule has 0 bridgehead atoms. The third-order valence-electron chi connectivity index (χ3n) is 5.83. The van der Waals surface area contributed by atoms with E-state index in [1.807, 2.05) is 67.3 Å². The quantitative estimate of drug-likeness (QED) is 0.470. The fraction of sp³-hybridized carbons (Fsp3) is 0.280. The van der Waals surface area contributed by atoms with Crippen molar-refractivity contribution >= 4 is 16.7 Å². The number of rotatable bonds is 5. The van der Waals surface area contributed by atoms with Crippen LogP contribution in [0.15, 0.2) is 67.1 Å². The minimum Gasteiger partial charge on any atom is -0.474 e. The van der Waals surface area contributed by atoms with Gasteiger partial charge in [0.15, 0.2) is 0 Å². The zero-order chi connectivity index (χ0) is 22.8. The molecule has 0 spiro atoms. The van der Waals surface area contributed by atoms with Gasteiger partial charge in [0, 0.05) is 11.6 Å². The van der Waals surface area contributed by atoms with Crippen LogP contribution < -0.4 is 4.74 Å². The molecule has 1 aliphatic rings. The largest absolute Gasteiger partial charge is 0.474 e. The van der Waals surface area contributed by atoms with Crippen LogP contribution in [0.2, 0.25) is 0 Å². The molecule has 8 nitrogen and oxygen atoms in total. The monoisotopic (exact) mass is 443 g/mol. The van der Waals surface area contributed by atoms with Crippen LogP contribution in [-0.4, -0.2) is 62.7 Å². The minimum absolute atomic E-state index is 0.0663. The maximum atomic E-state index is 13.6. The molecule has 3 heterocycles. The van der Waals surface area contributed by atoms with Gasteiger partial charge in [-0.1, -0.05) is 29.8 Å². The predicted octanol–water partition coefficient (Wildman–Crippen LogP) is 3.43. The smallest absolute Gasteiger partial charge is 0.256 e. The Labute approximate surface area is 191 Å². The standard InChI is InChI=1S/C25H25N5O3/c1-17-7-8-23(30-27-11-12-28-30)22(13-17)25(31)29-14-20(32-15-18(29)2)16-33-24-21-6-4-3-5-19(21)9-10-26-24/h3-13,18,20H,14-16H2,1-2H3/t18-,20-/m0/s1. The number of hydrogen-bond donors (Lipinski definition) is 0. The van der Waals surface area contributed by atoms with Gasteiger partial charge < -0.3 is 14.4 Å². The predicted molar refractivity (Wildman–Crippen MR) is 124 cm³/mol. The van der Waals surface area contributed by atoms with Crippen LogP contribution in [0.3, 0.4) is 0 Å². The summed E-state index contributed by atoms with van der Waals surface area (Å²) in [6.45, 7) is 5.12. The van der Waals surface area contributed by atoms with E-state index in [4.69, 9.17) is 9.47 Å². The fourth-order valence-electron chi connectivity index (χ4n) is 4.07. The number of amides is 1. The van der Waals surface area contributed by atoms with Gasteiger partial charge in [-0.3, -0.25) is 4.79 Å². The molecule has 2 aromatic heterocycles. The Hall–Kier alpha value is -3.78. The minimum atomic E-state index is -0.262. The number of ether oxygens (including phenoxy) is 2. The molecule has 2 atom stereocenters. The molecule has 5 rings (SSSR count). The number of hydrogen-bond acceptors (Lipinski definition) is 6. The maximum Gasteiger partial charge on any atom is 0.256 e. The molecular formula is C25H25N5O3. The molecule has 33 heavy (non-hydrogen) atoms. The Morgan fingerprint density at radius 1 is 1.12 bits per heavy atom. The molecule has 0 aliphatic carbocycles. The average molecular weight is 444 g/mol. The Morgan fingerprint density at radius 3 is 2.79 bits per heavy atom. The van der Waals surface area contributed by atoms with E-state index in [1.54, 1.807) is 18.6 Å². The SMILES string of the molecule is Cc1ccc(-n2nccn2)c(C(=O)N2C[C@@H](COc3nccc4ccccc34)OC[C@@H]2C)c1. The number of carbonyl (C=O) groups excluding carboxylic acids is 1. The zero-order valence-corrected chi connectivity index (χ0v) is 18.6. The lowest BCUT2D eigenvalue weighted by molar-refractivity contribution is -0.0630. The summed E-state index contributed by atoms with van der Waals surface area (Å²) < 4.78 is 12.0. The number of nitrogens with zero attached hydrogens (tertiary/aromatic N) is 5. The van der Waals surface area contributed by atoms with Gasteiger partial charge in [-0.05, 0) is 43.5 Å². The third kappa shape index (κ3) is 4.29. The van der Waals surface area contributed by atoms with E-state index in [9.17, 15) is 4.79 Å². The molecule has 1 fully saturated rings. The summed E-state index contributed by atoms with van der Waals surface area (Å²) in [7, 11) is 0. The lowest BCUT2D eigenvalue weighted by Gasteiger charge is -2.38. The Balaban J connectivity index is 1.34. The highest BCUT2D eigenvalue weighted by Gasteiger charge is 2.32. The number of aromatic nitrogens is 4. The van der Waals surface area contributed by atoms with E-state index >= 15 is 0 Å². The number of benzene rings is 2. The normalized spacial score (nSPS) is 18.4. The number of pyridine rings is 1. The van der Waals surface area contributed by atoms with Gasteiger partial charge in [0.2, 0.25) is 5.88 Å². The topological polar surface area (TPSA) is 82.4 Å². The first-order chi connectivity index (χ1) is 16.1. The van der Waals surface area contributed by atoms with Crippen LogP contribution in [0.25, 0.3) is 16.5 Å². The highest BCUT2D eigenvalue weighted by molar-refractivity contribution is 5.98. The summed E-state index contributed by atoms with van der Waals surface area (Å²) in [6.07, 6.45) is 4.67. The van der Waals surface area contributed by atoms with Crippen molar-refractivity contribution in [2.24, 2.45) is 0 Å². The first-order valence-corrected chi connectivity index (χ1v) is 11.0. The first kappa shape index (κ1) is 21.1. The number of carbonyl (C=O) groups is 1. The number of morpholine rings is 1. The van der Waals surface area contributed by atoms with Crippen LogP contribution in [0.4, 0.5) is 0 Å². The lowest BCUT2D eigenvalue weighted by Crippen LogP contribution is -2.52. The van der Waals surface area contributed by atoms with E-state index < -0.39 is 0 Å². The zero-order valence-electron chi connectivity index (χ0n) is 18.6. The molecular weight excluding hydrogens is 418 g/mol. The second-order valence-electron chi connectivity index (χ2n) is 8.25. The van der Waals surface area contributed by atoms with Crippen molar-refractivity contribution in [2.45, 2.75) is 26.0 Å². The molecule has 0 saturated carbocycles. The highest BCUT2D eigenvalue weighted by Crippen LogP contribution is 2.24. The van der Waals surface area contributed by atoms with Crippen LogP contribution in [0.1, 0.15) is 22.8 Å². The van der Waals surface area contributed by atoms with Crippen molar-refractivity contribution in [3.8, 4) is 11.6 Å². The van der Waals surface area contributed by atoms with Gasteiger partial charge in [-0.15, -0.1) is 0 Å². The second-order valence-corrected chi connectivity index (χ2v) is 8.25. The van der Waals surface area contributed by atoms with Gasteiger partial charge >= 0.3 is 0 Å². The summed E-state index contributed by atoms with van der Waals surface area (Å²) in [5, 5.41) is 10.4. The van der Waals surface area contributed by atoms with Crippen LogP contribution in [0, 0.1) is 6.92 Å². The molecule has 0 radical (unpaired) electrons. The Morgan fingerprint density at radius 2 is 1.94 bits per heavy atom. The van der Waals surface area contributed by atoms with Crippen molar-refractivity contribution in [2.75, 3.05) is 19.8 Å². The maximum absolute atomic E-state index is 13.6. The molecule has 0 unspecified atom stereocenters. The van der Waals surface area contributed by atoms with Gasteiger partial charge in [-0.25, -0.2) is 4.98 Å². The van der Waals surface area contributed by atoms with Gasteiger partial charge in [0.25, 0.3) is 5.91 Å². The van der Waals surface area contributed by atoms with Crippen molar-refractivity contribution in [3.05, 3.63) is 78.2 Å². The summed E-state index contributed by atoms with van der Waals surface area (Å²) in [5.74, 6) is 0.494. The second kappa shape index (κ2) is 8.99. The van der Waals surface area contributed by atoms with E-state index in [0.29, 0.717) is 36.9 Å². The third-order valence-corrected chi connectivity index (χ3v) is 5.83. The molecule has 1 amide bonds. The summed E-state index contributed by atoms with van der Waals surface area (Å²) >= 11 is 0. The summed E-state index contributed by atoms with van der Waals surface area (Å²) in [4.78, 5) is 21.3. The van der Waals surface area contributed by atoms with E-state index in [-0.39, 0.29) is 18.1 Å². The van der Waals surface area contributed by atoms with Gasteiger partial charge in [-0.2, -0.15) is 15.0 Å². The number of fused-ring (bicyclic) bond motifs is 1. The van der Waals surface area contributed by atoms with E-state index in [1.165, 1.54) is 4.80 Å². The Bertz CT molecular complexity index is 1270. The van der Waals surface area contributed by atoms with E-state index in [0.717, 1.165) is 16.3 Å². The first-order valence-electron chi connectivity index (χ1n) is 11.0. The number of aryl methyl sites for hydroxylation is 1. The van der Waals surface area contributed by atoms with Crippen molar-refractivity contribution < 1.29 is 14.3 Å². The van der Waals surface area contributed by atoms with Crippen LogP contribution in [-0.2, 0) is 4.74 Å². The summed E-state index contributed by atoms with van der Waals surface area (Å²) in [6, 6.07) is 15.6. The molecule has 4 aromatic rings. The fourth-order valence-corrected chi connectivity index (χ4v) is 4.07. The molecule has 168 valence electrons. The van der Waals surface area contributed by atoms with E-state index in [2.05, 4.69) is 15.2 Å². The van der Waals surface area contributed by atoms with Gasteiger partial charge in [0.1, 0.15) is 12.7 Å². The van der Waals surface area contributed by atoms with Crippen LogP contribution >= 0.6 is 0 Å². The van der Waals surface area contributed by atoms with Crippen LogP contribution in [0.5, 0.6) is 5.88 Å². The highest BCUT2D eigenvalue weighted by atomic mass is 16.5. The molecule has 8 heteroatoms. The van der Waals surface area contributed by atoms with Crippen molar-refractivity contribution in [1.29, 1.82) is 0 Å². The lowest BCUT2D eigenvalue weighted by atomic mass is 10.1. The average Bonchev–Trinajstić information content (AvgIpc) is 3.38. The molecule has 1 saturated heterocycles. The van der Waals surface area contributed by atoms with Crippen molar-refractivity contribution in [3.63, 3.8) is 0 Å². The molecule has 0 N–H and O–H groups in total. The Kier molecular flexibility index (Phi) is 5.75. The summed E-state index contributed by atoms with van der Waals surface area (Å²) in [5.41, 5.74) is 2.22. The molecule has 1 aliphatic heterocycles. The van der Waals surface area contributed by atoms with Crippen molar-refractivity contribution in [1.82, 2.24) is 24.9 Å². The van der Waals surface area contributed by atoms with Gasteiger partial charge in [0.05, 0.1) is 42.8 Å². The molecule has 2 aromatic carbocycles.